The van der Waals surface area contributed by atoms with Crippen LogP contribution >= 0.6 is 23.5 Å². The van der Waals surface area contributed by atoms with Gasteiger partial charge in [0.2, 0.25) is 5.16 Å². The zero-order chi connectivity index (χ0) is 14.7. The van der Waals surface area contributed by atoms with Crippen LogP contribution < -0.4 is 5.32 Å². The molecule has 0 radical (unpaired) electrons. The van der Waals surface area contributed by atoms with E-state index in [1.54, 1.807) is 0 Å². The fourth-order valence-corrected chi connectivity index (χ4v) is 3.68. The van der Waals surface area contributed by atoms with E-state index in [1.807, 2.05) is 24.1 Å². The van der Waals surface area contributed by atoms with Gasteiger partial charge in [-0.25, -0.2) is 14.6 Å². The van der Waals surface area contributed by atoms with Crippen LogP contribution in [0.1, 0.15) is 31.7 Å². The Balaban J connectivity index is 1.85. The van der Waals surface area contributed by atoms with Crippen molar-refractivity contribution in [2.75, 3.05) is 18.6 Å². The highest BCUT2D eigenvalue weighted by atomic mass is 32.2. The molecule has 2 aromatic heterocycles. The molecule has 1 saturated carbocycles. The van der Waals surface area contributed by atoms with Crippen LogP contribution in [0.5, 0.6) is 0 Å². The summed E-state index contributed by atoms with van der Waals surface area (Å²) in [5.74, 6) is 0.803. The summed E-state index contributed by atoms with van der Waals surface area (Å²) in [7, 11) is 1.85. The van der Waals surface area contributed by atoms with Gasteiger partial charge in [-0.2, -0.15) is 0 Å². The molecule has 1 aliphatic carbocycles. The maximum atomic E-state index is 4.51. The van der Waals surface area contributed by atoms with E-state index >= 15 is 0 Å². The van der Waals surface area contributed by atoms with Crippen LogP contribution in [0.3, 0.4) is 0 Å². The topological polar surface area (TPSA) is 81.4 Å². The van der Waals surface area contributed by atoms with Gasteiger partial charge in [-0.3, -0.25) is 0 Å². The molecule has 0 bridgehead atoms. The smallest absolute Gasteiger partial charge is 0.215 e. The zero-order valence-electron chi connectivity index (χ0n) is 12.0. The number of aromatic nitrogens is 6. The Hall–Kier alpha value is -1.35. The van der Waals surface area contributed by atoms with Crippen LogP contribution in [0, 0.1) is 0 Å². The summed E-state index contributed by atoms with van der Waals surface area (Å²) < 4.78 is 1.94. The molecule has 0 aliphatic heterocycles. The molecule has 3 rings (SSSR count). The second-order valence-corrected chi connectivity index (χ2v) is 6.54. The van der Waals surface area contributed by atoms with Gasteiger partial charge in [0.25, 0.3) is 0 Å². The molecule has 0 spiro atoms. The summed E-state index contributed by atoms with van der Waals surface area (Å²) in [6.45, 7) is 0. The maximum absolute atomic E-state index is 4.51. The van der Waals surface area contributed by atoms with Gasteiger partial charge in [0, 0.05) is 13.1 Å². The number of rotatable bonds is 5. The van der Waals surface area contributed by atoms with Crippen LogP contribution in [0.25, 0.3) is 0 Å². The third-order valence-corrected chi connectivity index (χ3v) is 4.87. The number of thioether (sulfide) groups is 1. The van der Waals surface area contributed by atoms with Crippen molar-refractivity contribution in [1.29, 1.82) is 0 Å². The minimum Gasteiger partial charge on any atom is -0.373 e. The fourth-order valence-electron chi connectivity index (χ4n) is 2.40. The molecule has 7 nitrogen and oxygen atoms in total. The highest BCUT2D eigenvalue weighted by Gasteiger charge is 2.22. The number of anilines is 1. The van der Waals surface area contributed by atoms with E-state index in [2.05, 4.69) is 30.8 Å². The summed E-state index contributed by atoms with van der Waals surface area (Å²) >= 11 is 3.01. The maximum Gasteiger partial charge on any atom is 0.215 e. The Bertz CT molecular complexity index is 587. The van der Waals surface area contributed by atoms with E-state index in [0.29, 0.717) is 6.04 Å². The number of hydrogen-bond acceptors (Lipinski definition) is 8. The first-order chi connectivity index (χ1) is 10.3. The molecule has 2 aromatic rings. The fraction of sp³-hybridized carbons (Fsp3) is 0.583. The third kappa shape index (κ3) is 3.29. The number of nitrogens with zero attached hydrogens (tertiary/aromatic N) is 6. The summed E-state index contributed by atoms with van der Waals surface area (Å²) in [5.41, 5.74) is 0. The van der Waals surface area contributed by atoms with Gasteiger partial charge in [-0.1, -0.05) is 24.6 Å². The molecule has 112 valence electrons. The van der Waals surface area contributed by atoms with Crippen LogP contribution in [0.2, 0.25) is 0 Å². The van der Waals surface area contributed by atoms with Crippen molar-refractivity contribution in [2.45, 2.75) is 47.1 Å². The lowest BCUT2D eigenvalue weighted by Gasteiger charge is -2.11. The molecule has 21 heavy (non-hydrogen) atoms. The molecule has 0 atom stereocenters. The molecule has 0 amide bonds. The monoisotopic (exact) mass is 323 g/mol. The van der Waals surface area contributed by atoms with Crippen molar-refractivity contribution in [3.8, 4) is 0 Å². The Kier molecular flexibility index (Phi) is 4.59. The van der Waals surface area contributed by atoms with E-state index < -0.39 is 0 Å². The first-order valence-electron chi connectivity index (χ1n) is 6.86. The summed E-state index contributed by atoms with van der Waals surface area (Å²) in [6.07, 6.45) is 6.78. The van der Waals surface area contributed by atoms with E-state index in [9.17, 15) is 0 Å². The van der Waals surface area contributed by atoms with Crippen molar-refractivity contribution in [1.82, 2.24) is 30.2 Å². The summed E-state index contributed by atoms with van der Waals surface area (Å²) in [6, 6.07) is 2.34. The number of hydrogen-bond donors (Lipinski definition) is 1. The molecule has 0 saturated heterocycles. The van der Waals surface area contributed by atoms with Crippen molar-refractivity contribution >= 4 is 29.3 Å². The normalized spacial score (nSPS) is 15.5. The van der Waals surface area contributed by atoms with E-state index in [0.717, 1.165) is 34.0 Å². The predicted molar refractivity (Wildman–Crippen MR) is 82.8 cm³/mol. The van der Waals surface area contributed by atoms with E-state index in [1.165, 1.54) is 36.4 Å². The zero-order valence-corrected chi connectivity index (χ0v) is 13.6. The van der Waals surface area contributed by atoms with Gasteiger partial charge in [-0.15, -0.1) is 5.10 Å². The lowest BCUT2D eigenvalue weighted by atomic mass is 10.3. The van der Waals surface area contributed by atoms with Crippen molar-refractivity contribution in [3.63, 3.8) is 0 Å². The molecule has 2 heterocycles. The molecule has 0 aromatic carbocycles. The van der Waals surface area contributed by atoms with Gasteiger partial charge < -0.3 is 5.32 Å². The Morgan fingerprint density at radius 2 is 2.10 bits per heavy atom. The third-order valence-electron chi connectivity index (χ3n) is 3.45. The average molecular weight is 323 g/mol. The van der Waals surface area contributed by atoms with Crippen molar-refractivity contribution < 1.29 is 0 Å². The SMILES string of the molecule is CNc1cc(Sc2nnnn2C2CCCC2)nc(SC)n1. The highest BCUT2D eigenvalue weighted by Crippen LogP contribution is 2.34. The van der Waals surface area contributed by atoms with Crippen LogP contribution in [-0.4, -0.2) is 43.5 Å². The molecule has 1 aliphatic rings. The Morgan fingerprint density at radius 1 is 1.29 bits per heavy atom. The highest BCUT2D eigenvalue weighted by molar-refractivity contribution is 7.99. The standard InChI is InChI=1S/C12H17N7S2/c1-13-9-7-10(15-11(14-9)20-2)21-12-16-17-18-19(12)8-5-3-4-6-8/h7-8H,3-6H2,1-2H3,(H,13,14,15). The summed E-state index contributed by atoms with van der Waals surface area (Å²) in [4.78, 5) is 8.88. The average Bonchev–Trinajstić information content (AvgIpc) is 3.17. The van der Waals surface area contributed by atoms with Crippen molar-refractivity contribution in [2.24, 2.45) is 0 Å². The van der Waals surface area contributed by atoms with Gasteiger partial charge in [0.15, 0.2) is 5.16 Å². The first-order valence-corrected chi connectivity index (χ1v) is 8.91. The molecule has 9 heteroatoms. The van der Waals surface area contributed by atoms with E-state index in [-0.39, 0.29) is 0 Å². The molecular formula is C12H17N7S2. The lowest BCUT2D eigenvalue weighted by Crippen LogP contribution is -2.08. The predicted octanol–water partition coefficient (Wildman–Crippen LogP) is 2.49. The van der Waals surface area contributed by atoms with Crippen molar-refractivity contribution in [3.05, 3.63) is 6.07 Å². The minimum absolute atomic E-state index is 0.424. The van der Waals surface area contributed by atoms with Crippen LogP contribution in [0.15, 0.2) is 21.4 Å². The molecule has 1 N–H and O–H groups in total. The Labute approximate surface area is 131 Å². The lowest BCUT2D eigenvalue weighted by molar-refractivity contribution is 0.423. The number of nitrogens with one attached hydrogen (secondary N) is 1. The second-order valence-electron chi connectivity index (χ2n) is 4.77. The van der Waals surface area contributed by atoms with Gasteiger partial charge in [0.05, 0.1) is 6.04 Å². The van der Waals surface area contributed by atoms with Crippen LogP contribution in [-0.2, 0) is 0 Å². The largest absolute Gasteiger partial charge is 0.373 e. The molecule has 0 unspecified atom stereocenters. The second kappa shape index (κ2) is 6.61. The van der Waals surface area contributed by atoms with Crippen LogP contribution in [0.4, 0.5) is 5.82 Å². The van der Waals surface area contributed by atoms with Gasteiger partial charge in [0.1, 0.15) is 10.8 Å². The summed E-state index contributed by atoms with van der Waals surface area (Å²) in [5, 5.41) is 17.6. The Morgan fingerprint density at radius 3 is 2.81 bits per heavy atom. The van der Waals surface area contributed by atoms with Gasteiger partial charge >= 0.3 is 0 Å². The van der Waals surface area contributed by atoms with Gasteiger partial charge in [-0.05, 0) is 41.3 Å². The minimum atomic E-state index is 0.424. The number of tetrazole rings is 1. The van der Waals surface area contributed by atoms with E-state index in [4.69, 9.17) is 0 Å². The molecule has 1 fully saturated rings. The molecular weight excluding hydrogens is 306 g/mol. The first kappa shape index (κ1) is 14.6. The quantitative estimate of drug-likeness (QED) is 0.510.